The van der Waals surface area contributed by atoms with E-state index < -0.39 is 10.0 Å². The maximum atomic E-state index is 12.2. The standard InChI is InChI=1S/C16H26N4O2S2/c1-13(2)14-4-3-5-15(12-14)19-16(17)18-6-11-24(21,22)20-7-9-23-10-8-20/h3-5,12-13H,6-11H2,1-2H3,(H3,17,18,19). The Labute approximate surface area is 149 Å². The summed E-state index contributed by atoms with van der Waals surface area (Å²) in [5, 5.41) is 3.02. The molecule has 0 radical (unpaired) electrons. The second-order valence-electron chi connectivity index (χ2n) is 6.00. The van der Waals surface area contributed by atoms with Crippen molar-refractivity contribution in [2.75, 3.05) is 42.2 Å². The number of guanidine groups is 1. The highest BCUT2D eigenvalue weighted by Gasteiger charge is 2.23. The van der Waals surface area contributed by atoms with Gasteiger partial charge < -0.3 is 11.1 Å². The predicted octanol–water partition coefficient (Wildman–Crippen LogP) is 1.92. The predicted molar refractivity (Wildman–Crippen MR) is 103 cm³/mol. The van der Waals surface area contributed by atoms with Crippen LogP contribution in [0.15, 0.2) is 29.3 Å². The largest absolute Gasteiger partial charge is 0.370 e. The van der Waals surface area contributed by atoms with E-state index in [2.05, 4.69) is 30.2 Å². The SMILES string of the molecule is CC(C)c1cccc(NC(N)=NCCS(=O)(=O)N2CCSCC2)c1. The minimum atomic E-state index is -3.24. The molecule has 1 aliphatic heterocycles. The fourth-order valence-electron chi connectivity index (χ4n) is 2.40. The number of thioether (sulfide) groups is 1. The van der Waals surface area contributed by atoms with Gasteiger partial charge in [-0.3, -0.25) is 4.99 Å². The molecule has 1 heterocycles. The van der Waals surface area contributed by atoms with Gasteiger partial charge >= 0.3 is 0 Å². The third kappa shape index (κ3) is 5.68. The summed E-state index contributed by atoms with van der Waals surface area (Å²) in [6.45, 7) is 5.59. The Balaban J connectivity index is 1.88. The summed E-state index contributed by atoms with van der Waals surface area (Å²) in [6, 6.07) is 7.96. The van der Waals surface area contributed by atoms with Gasteiger partial charge in [-0.25, -0.2) is 12.7 Å². The Kier molecular flexibility index (Phi) is 6.94. The van der Waals surface area contributed by atoms with Gasteiger partial charge in [0, 0.05) is 30.3 Å². The topological polar surface area (TPSA) is 87.8 Å². The maximum absolute atomic E-state index is 12.2. The third-order valence-corrected chi connectivity index (χ3v) is 6.61. The van der Waals surface area contributed by atoms with Crippen LogP contribution in [0.4, 0.5) is 5.69 Å². The van der Waals surface area contributed by atoms with Gasteiger partial charge in [-0.2, -0.15) is 11.8 Å². The van der Waals surface area contributed by atoms with Crippen LogP contribution in [0.25, 0.3) is 0 Å². The van der Waals surface area contributed by atoms with Crippen LogP contribution in [0, 0.1) is 0 Å². The first-order valence-corrected chi connectivity index (χ1v) is 10.9. The van der Waals surface area contributed by atoms with Gasteiger partial charge in [-0.15, -0.1) is 0 Å². The summed E-state index contributed by atoms with van der Waals surface area (Å²) in [6.07, 6.45) is 0. The van der Waals surface area contributed by atoms with Crippen molar-refractivity contribution in [2.45, 2.75) is 19.8 Å². The molecule has 24 heavy (non-hydrogen) atoms. The highest BCUT2D eigenvalue weighted by molar-refractivity contribution is 7.99. The van der Waals surface area contributed by atoms with Crippen molar-refractivity contribution in [3.63, 3.8) is 0 Å². The Morgan fingerprint density at radius 1 is 1.38 bits per heavy atom. The molecule has 1 aliphatic rings. The molecule has 0 atom stereocenters. The number of hydrogen-bond acceptors (Lipinski definition) is 4. The van der Waals surface area contributed by atoms with Gasteiger partial charge in [0.2, 0.25) is 10.0 Å². The number of anilines is 1. The number of sulfonamides is 1. The lowest BCUT2D eigenvalue weighted by atomic mass is 10.0. The number of nitrogens with zero attached hydrogens (tertiary/aromatic N) is 2. The molecule has 0 unspecified atom stereocenters. The quantitative estimate of drug-likeness (QED) is 0.590. The molecule has 1 aromatic carbocycles. The summed E-state index contributed by atoms with van der Waals surface area (Å²) in [5.74, 6) is 2.38. The second-order valence-corrected chi connectivity index (χ2v) is 9.31. The van der Waals surface area contributed by atoms with Crippen molar-refractivity contribution in [3.05, 3.63) is 29.8 Å². The number of nitrogens with two attached hydrogens (primary N) is 1. The van der Waals surface area contributed by atoms with Crippen molar-refractivity contribution in [2.24, 2.45) is 10.7 Å². The molecule has 8 heteroatoms. The molecule has 6 nitrogen and oxygen atoms in total. The zero-order valence-corrected chi connectivity index (χ0v) is 15.9. The molecule has 0 bridgehead atoms. The number of benzene rings is 1. The number of aliphatic imine (C=N–C) groups is 1. The van der Waals surface area contributed by atoms with E-state index in [9.17, 15) is 8.42 Å². The lowest BCUT2D eigenvalue weighted by molar-refractivity contribution is 0.444. The van der Waals surface area contributed by atoms with Crippen molar-refractivity contribution < 1.29 is 8.42 Å². The molecule has 0 aromatic heterocycles. The highest BCUT2D eigenvalue weighted by Crippen LogP contribution is 2.18. The molecular formula is C16H26N4O2S2. The van der Waals surface area contributed by atoms with Crippen LogP contribution in [0.3, 0.4) is 0 Å². The molecule has 0 aliphatic carbocycles. The van der Waals surface area contributed by atoms with E-state index in [-0.39, 0.29) is 18.3 Å². The van der Waals surface area contributed by atoms with Gasteiger partial charge in [0.25, 0.3) is 0 Å². The van der Waals surface area contributed by atoms with Crippen molar-refractivity contribution >= 4 is 33.4 Å². The fourth-order valence-corrected chi connectivity index (χ4v) is 4.85. The van der Waals surface area contributed by atoms with Crippen molar-refractivity contribution in [3.8, 4) is 0 Å². The summed E-state index contributed by atoms with van der Waals surface area (Å²) in [7, 11) is -3.24. The van der Waals surface area contributed by atoms with E-state index in [0.29, 0.717) is 19.0 Å². The highest BCUT2D eigenvalue weighted by atomic mass is 32.2. The summed E-state index contributed by atoms with van der Waals surface area (Å²) >= 11 is 1.78. The molecular weight excluding hydrogens is 344 g/mol. The number of rotatable bonds is 6. The average molecular weight is 371 g/mol. The van der Waals surface area contributed by atoms with E-state index in [0.717, 1.165) is 17.2 Å². The third-order valence-electron chi connectivity index (χ3n) is 3.82. The molecule has 134 valence electrons. The van der Waals surface area contributed by atoms with Crippen LogP contribution < -0.4 is 11.1 Å². The molecule has 0 saturated carbocycles. The fraction of sp³-hybridized carbons (Fsp3) is 0.562. The first-order valence-electron chi connectivity index (χ1n) is 8.11. The van der Waals surface area contributed by atoms with Gasteiger partial charge in [0.05, 0.1) is 12.3 Å². The molecule has 0 spiro atoms. The molecule has 3 N–H and O–H groups in total. The molecule has 2 rings (SSSR count). The maximum Gasteiger partial charge on any atom is 0.215 e. The smallest absolute Gasteiger partial charge is 0.215 e. The van der Waals surface area contributed by atoms with E-state index in [4.69, 9.17) is 5.73 Å². The van der Waals surface area contributed by atoms with Crippen LogP contribution >= 0.6 is 11.8 Å². The van der Waals surface area contributed by atoms with E-state index in [1.54, 1.807) is 16.1 Å². The first kappa shape index (κ1) is 19.1. The van der Waals surface area contributed by atoms with E-state index in [1.807, 2.05) is 18.2 Å². The summed E-state index contributed by atoms with van der Waals surface area (Å²) in [4.78, 5) is 4.15. The first-order chi connectivity index (χ1) is 11.4. The minimum absolute atomic E-state index is 0.00786. The van der Waals surface area contributed by atoms with Crippen molar-refractivity contribution in [1.29, 1.82) is 0 Å². The number of hydrogen-bond donors (Lipinski definition) is 2. The summed E-state index contributed by atoms with van der Waals surface area (Å²) in [5.41, 5.74) is 7.93. The van der Waals surface area contributed by atoms with Crippen LogP contribution in [0.5, 0.6) is 0 Å². The van der Waals surface area contributed by atoms with Crippen LogP contribution in [0.1, 0.15) is 25.3 Å². The Bertz CT molecular complexity index is 668. The lowest BCUT2D eigenvalue weighted by Gasteiger charge is -2.25. The zero-order valence-electron chi connectivity index (χ0n) is 14.2. The van der Waals surface area contributed by atoms with Crippen LogP contribution in [-0.4, -0.2) is 55.6 Å². The Hall–Kier alpha value is -1.25. The van der Waals surface area contributed by atoms with E-state index in [1.165, 1.54) is 5.56 Å². The summed E-state index contributed by atoms with van der Waals surface area (Å²) < 4.78 is 26.0. The Morgan fingerprint density at radius 3 is 2.75 bits per heavy atom. The Morgan fingerprint density at radius 2 is 2.08 bits per heavy atom. The molecule has 1 aromatic rings. The second kappa shape index (κ2) is 8.73. The van der Waals surface area contributed by atoms with Gasteiger partial charge in [0.1, 0.15) is 0 Å². The normalized spacial score (nSPS) is 17.2. The monoisotopic (exact) mass is 370 g/mol. The van der Waals surface area contributed by atoms with Gasteiger partial charge in [-0.05, 0) is 23.6 Å². The number of nitrogens with one attached hydrogen (secondary N) is 1. The molecule has 0 amide bonds. The minimum Gasteiger partial charge on any atom is -0.370 e. The van der Waals surface area contributed by atoms with Gasteiger partial charge in [-0.1, -0.05) is 26.0 Å². The molecule has 1 saturated heterocycles. The van der Waals surface area contributed by atoms with Crippen LogP contribution in [0.2, 0.25) is 0 Å². The zero-order chi connectivity index (χ0) is 17.6. The van der Waals surface area contributed by atoms with Crippen molar-refractivity contribution in [1.82, 2.24) is 4.31 Å². The average Bonchev–Trinajstić information content (AvgIpc) is 2.55. The van der Waals surface area contributed by atoms with Gasteiger partial charge in [0.15, 0.2) is 5.96 Å². The van der Waals surface area contributed by atoms with E-state index >= 15 is 0 Å². The molecule has 1 fully saturated rings. The van der Waals surface area contributed by atoms with Crippen LogP contribution in [-0.2, 0) is 10.0 Å². The lowest BCUT2D eigenvalue weighted by Crippen LogP contribution is -2.40.